The molecular formula is C16H16N2O2S. The zero-order chi connectivity index (χ0) is 14.7. The summed E-state index contributed by atoms with van der Waals surface area (Å²) >= 11 is 3.80. The SMILES string of the molecule is O=C(NCNS)OCC1c2ccccc2-c2ccccc21. The summed E-state index contributed by atoms with van der Waals surface area (Å²) in [5, 5.41) is 2.56. The van der Waals surface area contributed by atoms with Crippen LogP contribution in [0.25, 0.3) is 11.1 Å². The van der Waals surface area contributed by atoms with E-state index in [9.17, 15) is 4.79 Å². The maximum atomic E-state index is 11.6. The average Bonchev–Trinajstić information content (AvgIpc) is 2.85. The lowest BCUT2D eigenvalue weighted by atomic mass is 9.98. The fraction of sp³-hybridized carbons (Fsp3) is 0.188. The molecule has 0 bridgehead atoms. The lowest BCUT2D eigenvalue weighted by Gasteiger charge is -2.14. The first kappa shape index (κ1) is 14.0. The number of amides is 1. The third-order valence-corrected chi connectivity index (χ3v) is 3.81. The van der Waals surface area contributed by atoms with Gasteiger partial charge in [0.1, 0.15) is 6.61 Å². The van der Waals surface area contributed by atoms with Crippen LogP contribution in [0.15, 0.2) is 48.5 Å². The topological polar surface area (TPSA) is 50.4 Å². The van der Waals surface area contributed by atoms with Crippen LogP contribution >= 0.6 is 12.8 Å². The van der Waals surface area contributed by atoms with Gasteiger partial charge in [0.05, 0.1) is 6.67 Å². The van der Waals surface area contributed by atoms with Crippen molar-refractivity contribution in [2.45, 2.75) is 5.92 Å². The molecule has 0 radical (unpaired) electrons. The maximum Gasteiger partial charge on any atom is 0.408 e. The van der Waals surface area contributed by atoms with Crippen LogP contribution in [0.5, 0.6) is 0 Å². The van der Waals surface area contributed by atoms with Crippen molar-refractivity contribution in [2.75, 3.05) is 13.3 Å². The number of nitrogens with one attached hydrogen (secondary N) is 2. The molecule has 1 aliphatic carbocycles. The Bertz CT molecular complexity index is 615. The van der Waals surface area contributed by atoms with E-state index in [1.165, 1.54) is 22.3 Å². The van der Waals surface area contributed by atoms with Gasteiger partial charge in [-0.2, -0.15) is 0 Å². The number of fused-ring (bicyclic) bond motifs is 3. The van der Waals surface area contributed by atoms with Crippen molar-refractivity contribution in [2.24, 2.45) is 0 Å². The van der Waals surface area contributed by atoms with E-state index in [-0.39, 0.29) is 12.6 Å². The Balaban J connectivity index is 1.81. The summed E-state index contributed by atoms with van der Waals surface area (Å²) in [4.78, 5) is 11.6. The molecule has 2 aromatic rings. The van der Waals surface area contributed by atoms with Gasteiger partial charge in [0.2, 0.25) is 0 Å². The molecule has 0 heterocycles. The summed E-state index contributed by atoms with van der Waals surface area (Å²) < 4.78 is 7.86. The third kappa shape index (κ3) is 2.75. The second-order valence-corrected chi connectivity index (χ2v) is 5.15. The van der Waals surface area contributed by atoms with Crippen LogP contribution in [0.3, 0.4) is 0 Å². The van der Waals surface area contributed by atoms with Gasteiger partial charge in [-0.05, 0) is 22.3 Å². The molecule has 5 heteroatoms. The highest BCUT2D eigenvalue weighted by Gasteiger charge is 2.28. The van der Waals surface area contributed by atoms with Crippen molar-refractivity contribution in [3.63, 3.8) is 0 Å². The van der Waals surface area contributed by atoms with Gasteiger partial charge in [0, 0.05) is 5.92 Å². The molecule has 0 unspecified atom stereocenters. The normalized spacial score (nSPS) is 12.6. The van der Waals surface area contributed by atoms with Crippen LogP contribution in [-0.4, -0.2) is 19.4 Å². The number of carbonyl (C=O) groups is 1. The fourth-order valence-corrected chi connectivity index (χ4v) is 2.84. The second kappa shape index (κ2) is 6.20. The first-order chi connectivity index (χ1) is 10.3. The molecule has 0 spiro atoms. The number of hydrogen-bond acceptors (Lipinski definition) is 4. The van der Waals surface area contributed by atoms with Crippen LogP contribution in [-0.2, 0) is 4.74 Å². The molecule has 2 N–H and O–H groups in total. The molecule has 0 saturated carbocycles. The summed E-state index contributed by atoms with van der Waals surface area (Å²) in [6, 6.07) is 16.5. The van der Waals surface area contributed by atoms with Crippen molar-refractivity contribution in [1.29, 1.82) is 0 Å². The predicted octanol–water partition coefficient (Wildman–Crippen LogP) is 2.92. The van der Waals surface area contributed by atoms with Crippen LogP contribution < -0.4 is 10.0 Å². The van der Waals surface area contributed by atoms with Crippen molar-refractivity contribution in [3.8, 4) is 11.1 Å². The smallest absolute Gasteiger partial charge is 0.408 e. The Hall–Kier alpha value is -1.98. The number of ether oxygens (including phenoxy) is 1. The molecule has 0 atom stereocenters. The van der Waals surface area contributed by atoms with Gasteiger partial charge >= 0.3 is 6.09 Å². The van der Waals surface area contributed by atoms with E-state index in [4.69, 9.17) is 4.74 Å². The number of benzene rings is 2. The molecule has 108 valence electrons. The summed E-state index contributed by atoms with van der Waals surface area (Å²) in [6.45, 7) is 0.590. The molecule has 2 aromatic carbocycles. The number of thiol groups is 1. The van der Waals surface area contributed by atoms with E-state index in [0.717, 1.165) is 0 Å². The van der Waals surface area contributed by atoms with Crippen molar-refractivity contribution in [1.82, 2.24) is 10.0 Å². The maximum absolute atomic E-state index is 11.6. The standard InChI is InChI=1S/C16H16N2O2S/c19-16(17-10-18-21)20-9-15-13-7-3-1-5-11(13)12-6-2-4-8-14(12)15/h1-8,15,18,21H,9-10H2,(H,17,19). The number of alkyl carbamates (subject to hydrolysis) is 1. The van der Waals surface area contributed by atoms with Crippen molar-refractivity contribution < 1.29 is 9.53 Å². The minimum Gasteiger partial charge on any atom is -0.449 e. The first-order valence-electron chi connectivity index (χ1n) is 6.77. The zero-order valence-electron chi connectivity index (χ0n) is 11.4. The van der Waals surface area contributed by atoms with Gasteiger partial charge in [0.15, 0.2) is 0 Å². The van der Waals surface area contributed by atoms with E-state index in [0.29, 0.717) is 6.61 Å². The summed E-state index contributed by atoms with van der Waals surface area (Å²) in [6.07, 6.45) is -0.446. The minimum absolute atomic E-state index is 0.0899. The molecule has 21 heavy (non-hydrogen) atoms. The predicted molar refractivity (Wildman–Crippen MR) is 85.2 cm³/mol. The van der Waals surface area contributed by atoms with E-state index in [2.05, 4.69) is 47.1 Å². The second-order valence-electron chi connectivity index (χ2n) is 4.84. The largest absolute Gasteiger partial charge is 0.449 e. The Labute approximate surface area is 129 Å². The Morgan fingerprint density at radius 1 is 1.05 bits per heavy atom. The third-order valence-electron chi connectivity index (χ3n) is 3.66. The molecule has 0 aromatic heterocycles. The monoisotopic (exact) mass is 300 g/mol. The van der Waals surface area contributed by atoms with Gasteiger partial charge in [-0.15, -0.1) is 0 Å². The highest BCUT2D eigenvalue weighted by atomic mass is 32.1. The van der Waals surface area contributed by atoms with Crippen LogP contribution in [0, 0.1) is 0 Å². The quantitative estimate of drug-likeness (QED) is 0.601. The van der Waals surface area contributed by atoms with E-state index < -0.39 is 6.09 Å². The number of carbonyl (C=O) groups excluding carboxylic acids is 1. The van der Waals surface area contributed by atoms with Crippen LogP contribution in [0.2, 0.25) is 0 Å². The molecule has 1 amide bonds. The van der Waals surface area contributed by atoms with Gasteiger partial charge in [-0.1, -0.05) is 61.3 Å². The highest BCUT2D eigenvalue weighted by Crippen LogP contribution is 2.44. The number of hydrogen-bond donors (Lipinski definition) is 3. The Morgan fingerprint density at radius 3 is 2.19 bits per heavy atom. The fourth-order valence-electron chi connectivity index (χ4n) is 2.76. The van der Waals surface area contributed by atoms with Crippen LogP contribution in [0.4, 0.5) is 4.79 Å². The van der Waals surface area contributed by atoms with Gasteiger partial charge in [-0.3, -0.25) is 0 Å². The minimum atomic E-state index is -0.446. The van der Waals surface area contributed by atoms with Gasteiger partial charge in [0.25, 0.3) is 0 Å². The lowest BCUT2D eigenvalue weighted by Crippen LogP contribution is -2.31. The molecule has 0 aliphatic heterocycles. The summed E-state index contributed by atoms with van der Waals surface area (Å²) in [5.41, 5.74) is 4.86. The van der Waals surface area contributed by atoms with Gasteiger partial charge < -0.3 is 10.1 Å². The van der Waals surface area contributed by atoms with Crippen molar-refractivity contribution in [3.05, 3.63) is 59.7 Å². The van der Waals surface area contributed by atoms with Crippen LogP contribution in [0.1, 0.15) is 17.0 Å². The summed E-state index contributed by atoms with van der Waals surface area (Å²) in [5.74, 6) is 0.0899. The Morgan fingerprint density at radius 2 is 1.62 bits per heavy atom. The average molecular weight is 300 g/mol. The van der Waals surface area contributed by atoms with E-state index >= 15 is 0 Å². The Kier molecular flexibility index (Phi) is 4.13. The molecule has 4 nitrogen and oxygen atoms in total. The molecule has 1 aliphatic rings. The van der Waals surface area contributed by atoms with Crippen molar-refractivity contribution >= 4 is 18.9 Å². The van der Waals surface area contributed by atoms with E-state index in [1.807, 2.05) is 24.3 Å². The molecule has 0 fully saturated rings. The zero-order valence-corrected chi connectivity index (χ0v) is 12.3. The van der Waals surface area contributed by atoms with E-state index in [1.54, 1.807) is 0 Å². The number of rotatable bonds is 4. The highest BCUT2D eigenvalue weighted by molar-refractivity contribution is 7.78. The molecule has 3 rings (SSSR count). The lowest BCUT2D eigenvalue weighted by molar-refractivity contribution is 0.143. The first-order valence-corrected chi connectivity index (χ1v) is 7.22. The molecule has 0 saturated heterocycles. The summed E-state index contributed by atoms with van der Waals surface area (Å²) in [7, 11) is 0. The molecular weight excluding hydrogens is 284 g/mol. The van der Waals surface area contributed by atoms with Gasteiger partial charge in [-0.25, -0.2) is 9.52 Å².